The van der Waals surface area contributed by atoms with Gasteiger partial charge in [-0.05, 0) is 31.0 Å². The first-order valence-electron chi connectivity index (χ1n) is 6.98. The van der Waals surface area contributed by atoms with E-state index in [9.17, 15) is 4.79 Å². The van der Waals surface area contributed by atoms with Gasteiger partial charge in [0.15, 0.2) is 5.69 Å². The predicted molar refractivity (Wildman–Crippen MR) is 81.2 cm³/mol. The fourth-order valence-electron chi connectivity index (χ4n) is 2.07. The van der Waals surface area contributed by atoms with Crippen LogP contribution in [0.15, 0.2) is 36.5 Å². The van der Waals surface area contributed by atoms with Crippen molar-refractivity contribution in [2.45, 2.75) is 25.8 Å². The molecule has 0 fully saturated rings. The summed E-state index contributed by atoms with van der Waals surface area (Å²) in [5, 5.41) is 16.1. The third-order valence-corrected chi connectivity index (χ3v) is 3.31. The van der Waals surface area contributed by atoms with E-state index >= 15 is 0 Å². The number of hydrogen-bond donors (Lipinski definition) is 3. The number of amides is 1. The van der Waals surface area contributed by atoms with Gasteiger partial charge in [0.2, 0.25) is 0 Å². The number of hydrogen-bond acceptors (Lipinski definition) is 4. The van der Waals surface area contributed by atoms with Crippen LogP contribution in [0.1, 0.15) is 30.3 Å². The summed E-state index contributed by atoms with van der Waals surface area (Å²) in [6.45, 7) is 2.01. The summed E-state index contributed by atoms with van der Waals surface area (Å²) in [4.78, 5) is 12.1. The summed E-state index contributed by atoms with van der Waals surface area (Å²) in [5.74, 6) is -0.247. The lowest BCUT2D eigenvalue weighted by Crippen LogP contribution is -2.35. The van der Waals surface area contributed by atoms with Crippen LogP contribution in [0.5, 0.6) is 0 Å². The van der Waals surface area contributed by atoms with Crippen LogP contribution in [0.25, 0.3) is 5.69 Å². The molecule has 2 rings (SSSR count). The lowest BCUT2D eigenvalue weighted by molar-refractivity contribution is 0.0923. The molecular formula is C15H20N4O2. The van der Waals surface area contributed by atoms with Crippen LogP contribution in [0.2, 0.25) is 0 Å². The molecule has 2 aromatic rings. The molecule has 1 aromatic carbocycles. The minimum absolute atomic E-state index is 0.0468. The summed E-state index contributed by atoms with van der Waals surface area (Å²) >= 11 is 0. The number of nitrogens with zero attached hydrogens (tertiary/aromatic N) is 2. The van der Waals surface area contributed by atoms with Crippen LogP contribution in [-0.2, 0) is 0 Å². The second-order valence-electron chi connectivity index (χ2n) is 4.80. The van der Waals surface area contributed by atoms with Gasteiger partial charge >= 0.3 is 0 Å². The maximum absolute atomic E-state index is 12.1. The van der Waals surface area contributed by atoms with E-state index in [4.69, 9.17) is 10.8 Å². The second-order valence-corrected chi connectivity index (χ2v) is 4.80. The molecule has 6 nitrogen and oxygen atoms in total. The maximum Gasteiger partial charge on any atom is 0.272 e. The quantitative estimate of drug-likeness (QED) is 0.699. The molecule has 1 amide bonds. The molecule has 0 aliphatic rings. The lowest BCUT2D eigenvalue weighted by Gasteiger charge is -2.14. The fourth-order valence-corrected chi connectivity index (χ4v) is 2.07. The van der Waals surface area contributed by atoms with Crippen LogP contribution in [0.3, 0.4) is 0 Å². The molecule has 0 radical (unpaired) electrons. The van der Waals surface area contributed by atoms with Gasteiger partial charge in [0.1, 0.15) is 0 Å². The number of nitrogens with one attached hydrogen (secondary N) is 1. The van der Waals surface area contributed by atoms with Crippen molar-refractivity contribution in [3.63, 3.8) is 0 Å². The van der Waals surface area contributed by atoms with Crippen molar-refractivity contribution in [3.05, 3.63) is 42.2 Å². The highest BCUT2D eigenvalue weighted by molar-refractivity contribution is 5.92. The Bertz CT molecular complexity index is 609. The number of anilines is 1. The highest BCUT2D eigenvalue weighted by Crippen LogP contribution is 2.15. The molecule has 0 saturated heterocycles. The van der Waals surface area contributed by atoms with Gasteiger partial charge < -0.3 is 16.2 Å². The second kappa shape index (κ2) is 6.90. The number of carbonyl (C=O) groups excluding carboxylic acids is 1. The molecule has 6 heteroatoms. The largest absolute Gasteiger partial charge is 0.397 e. The monoisotopic (exact) mass is 288 g/mol. The molecule has 0 aliphatic heterocycles. The normalized spacial score (nSPS) is 12.1. The minimum atomic E-state index is -0.247. The van der Waals surface area contributed by atoms with E-state index < -0.39 is 0 Å². The summed E-state index contributed by atoms with van der Waals surface area (Å²) in [6, 6.07) is 8.93. The lowest BCUT2D eigenvalue weighted by atomic mass is 10.1. The Kier molecular flexibility index (Phi) is 4.94. The summed E-state index contributed by atoms with van der Waals surface area (Å²) in [6.07, 6.45) is 3.00. The zero-order chi connectivity index (χ0) is 15.2. The number of rotatable bonds is 6. The Labute approximate surface area is 123 Å². The standard InChI is InChI=1S/C15H20N4O2/c1-2-11(8-10-20)17-15(21)13-7-9-19(18-13)14-6-4-3-5-12(14)16/h3-7,9,11,20H,2,8,10,16H2,1H3,(H,17,21). The highest BCUT2D eigenvalue weighted by atomic mass is 16.3. The van der Waals surface area contributed by atoms with Crippen LogP contribution in [-0.4, -0.2) is 33.4 Å². The van der Waals surface area contributed by atoms with E-state index in [2.05, 4.69) is 10.4 Å². The molecule has 0 aliphatic carbocycles. The number of nitrogen functional groups attached to an aromatic ring is 1. The molecule has 1 unspecified atom stereocenters. The molecular weight excluding hydrogens is 268 g/mol. The van der Waals surface area contributed by atoms with Crippen LogP contribution >= 0.6 is 0 Å². The van der Waals surface area contributed by atoms with Crippen LogP contribution in [0, 0.1) is 0 Å². The van der Waals surface area contributed by atoms with E-state index in [1.807, 2.05) is 25.1 Å². The first-order chi connectivity index (χ1) is 10.2. The number of aromatic nitrogens is 2. The van der Waals surface area contributed by atoms with E-state index in [0.29, 0.717) is 17.8 Å². The molecule has 1 aromatic heterocycles. The number of para-hydroxylation sites is 2. The molecule has 4 N–H and O–H groups in total. The van der Waals surface area contributed by atoms with Gasteiger partial charge in [-0.2, -0.15) is 5.10 Å². The van der Waals surface area contributed by atoms with E-state index in [0.717, 1.165) is 12.1 Å². The molecule has 112 valence electrons. The molecule has 0 bridgehead atoms. The first-order valence-corrected chi connectivity index (χ1v) is 6.98. The predicted octanol–water partition coefficient (Wildman–Crippen LogP) is 1.35. The van der Waals surface area contributed by atoms with Crippen molar-refractivity contribution in [1.29, 1.82) is 0 Å². The van der Waals surface area contributed by atoms with Gasteiger partial charge in [0, 0.05) is 18.8 Å². The Morgan fingerprint density at radius 2 is 2.19 bits per heavy atom. The molecule has 1 heterocycles. The average molecular weight is 288 g/mol. The summed E-state index contributed by atoms with van der Waals surface area (Å²) in [7, 11) is 0. The zero-order valence-corrected chi connectivity index (χ0v) is 12.0. The SMILES string of the molecule is CCC(CCO)NC(=O)c1ccn(-c2ccccc2N)n1. The number of carbonyl (C=O) groups is 1. The number of aliphatic hydroxyl groups is 1. The van der Waals surface area contributed by atoms with Crippen molar-refractivity contribution < 1.29 is 9.90 Å². The third kappa shape index (κ3) is 3.61. The summed E-state index contributed by atoms with van der Waals surface area (Å²) in [5.41, 5.74) is 7.55. The molecule has 0 saturated carbocycles. The van der Waals surface area contributed by atoms with Gasteiger partial charge in [0.05, 0.1) is 11.4 Å². The molecule has 1 atom stereocenters. The minimum Gasteiger partial charge on any atom is -0.397 e. The van der Waals surface area contributed by atoms with Crippen molar-refractivity contribution in [2.75, 3.05) is 12.3 Å². The average Bonchev–Trinajstić information content (AvgIpc) is 2.97. The van der Waals surface area contributed by atoms with Crippen LogP contribution in [0.4, 0.5) is 5.69 Å². The van der Waals surface area contributed by atoms with Crippen LogP contribution < -0.4 is 11.1 Å². The third-order valence-electron chi connectivity index (χ3n) is 3.31. The summed E-state index contributed by atoms with van der Waals surface area (Å²) < 4.78 is 1.58. The number of benzene rings is 1. The zero-order valence-electron chi connectivity index (χ0n) is 12.0. The van der Waals surface area contributed by atoms with Gasteiger partial charge in [-0.15, -0.1) is 0 Å². The van der Waals surface area contributed by atoms with E-state index in [1.54, 1.807) is 23.0 Å². The number of nitrogens with two attached hydrogens (primary N) is 1. The first kappa shape index (κ1) is 15.1. The van der Waals surface area contributed by atoms with E-state index in [1.165, 1.54) is 0 Å². The smallest absolute Gasteiger partial charge is 0.272 e. The maximum atomic E-state index is 12.1. The Morgan fingerprint density at radius 3 is 2.86 bits per heavy atom. The van der Waals surface area contributed by atoms with Crippen molar-refractivity contribution >= 4 is 11.6 Å². The van der Waals surface area contributed by atoms with E-state index in [-0.39, 0.29) is 18.6 Å². The highest BCUT2D eigenvalue weighted by Gasteiger charge is 2.15. The Balaban J connectivity index is 2.13. The topological polar surface area (TPSA) is 93.2 Å². The van der Waals surface area contributed by atoms with Crippen molar-refractivity contribution in [1.82, 2.24) is 15.1 Å². The van der Waals surface area contributed by atoms with Crippen molar-refractivity contribution in [3.8, 4) is 5.69 Å². The molecule has 21 heavy (non-hydrogen) atoms. The number of aliphatic hydroxyl groups excluding tert-OH is 1. The van der Waals surface area contributed by atoms with Gasteiger partial charge in [0.25, 0.3) is 5.91 Å². The van der Waals surface area contributed by atoms with Gasteiger partial charge in [-0.3, -0.25) is 4.79 Å². The van der Waals surface area contributed by atoms with Crippen molar-refractivity contribution in [2.24, 2.45) is 0 Å². The Morgan fingerprint density at radius 1 is 1.43 bits per heavy atom. The molecule has 0 spiro atoms. The Hall–Kier alpha value is -2.34. The van der Waals surface area contributed by atoms with Gasteiger partial charge in [-0.1, -0.05) is 19.1 Å². The fraction of sp³-hybridized carbons (Fsp3) is 0.333. The van der Waals surface area contributed by atoms with Gasteiger partial charge in [-0.25, -0.2) is 4.68 Å².